The van der Waals surface area contributed by atoms with E-state index < -0.39 is 34.0 Å². The van der Waals surface area contributed by atoms with E-state index in [2.05, 4.69) is 20.1 Å². The fraction of sp³-hybridized carbons (Fsp3) is 0.138. The molecule has 4 aromatic rings. The van der Waals surface area contributed by atoms with Crippen LogP contribution in [0.3, 0.4) is 0 Å². The molecule has 0 aliphatic rings. The average molecular weight is 652 g/mol. The number of halogens is 4. The van der Waals surface area contributed by atoms with Crippen LogP contribution in [0.25, 0.3) is 0 Å². The summed E-state index contributed by atoms with van der Waals surface area (Å²) in [6.07, 6.45) is -5.12. The quantitative estimate of drug-likeness (QED) is 0.0578. The standard InChI is InChI=1S/C29H25F4N3O6S2/c1-41-27(17-43-23-11-9-22(10-12-23)42-29(31,32)33)18-2-6-20(7-3-18)34-28(38)35-21-8-15-26(37)25(16-21)36-44(39,40)24-13-4-19(30)5-14-24/h2-16,27,36-37H,17H2,1H3,(H2,34,35,38). The largest absolute Gasteiger partial charge is 0.573 e. The molecule has 0 aromatic heterocycles. The van der Waals surface area contributed by atoms with Crippen molar-refractivity contribution in [2.75, 3.05) is 28.2 Å². The molecule has 0 aliphatic carbocycles. The lowest BCUT2D eigenvalue weighted by atomic mass is 10.1. The topological polar surface area (TPSA) is 126 Å². The van der Waals surface area contributed by atoms with E-state index in [1.165, 1.54) is 61.3 Å². The summed E-state index contributed by atoms with van der Waals surface area (Å²) in [6.45, 7) is 0. The maximum absolute atomic E-state index is 13.2. The number of rotatable bonds is 11. The van der Waals surface area contributed by atoms with Gasteiger partial charge in [-0.1, -0.05) is 12.1 Å². The second kappa shape index (κ2) is 13.9. The van der Waals surface area contributed by atoms with Crippen molar-refractivity contribution in [1.29, 1.82) is 0 Å². The van der Waals surface area contributed by atoms with Gasteiger partial charge in [0.05, 0.1) is 16.7 Å². The van der Waals surface area contributed by atoms with Crippen molar-refractivity contribution in [2.45, 2.75) is 22.3 Å². The summed E-state index contributed by atoms with van der Waals surface area (Å²) >= 11 is 1.38. The van der Waals surface area contributed by atoms with Gasteiger partial charge in [-0.05, 0) is 84.4 Å². The van der Waals surface area contributed by atoms with Crippen LogP contribution in [-0.2, 0) is 14.8 Å². The molecule has 4 N–H and O–H groups in total. The maximum atomic E-state index is 13.2. The monoisotopic (exact) mass is 651 g/mol. The van der Waals surface area contributed by atoms with Crippen LogP contribution in [-0.4, -0.2) is 38.8 Å². The first-order valence-corrected chi connectivity index (χ1v) is 15.1. The van der Waals surface area contributed by atoms with Crippen molar-refractivity contribution in [1.82, 2.24) is 0 Å². The minimum absolute atomic E-state index is 0.170. The molecule has 0 aliphatic heterocycles. The number of amides is 2. The van der Waals surface area contributed by atoms with Crippen LogP contribution >= 0.6 is 11.8 Å². The zero-order chi connectivity index (χ0) is 31.9. The fourth-order valence-corrected chi connectivity index (χ4v) is 5.86. The molecule has 1 unspecified atom stereocenters. The van der Waals surface area contributed by atoms with E-state index in [-0.39, 0.29) is 28.1 Å². The third kappa shape index (κ3) is 9.26. The molecular weight excluding hydrogens is 626 g/mol. The molecule has 44 heavy (non-hydrogen) atoms. The van der Waals surface area contributed by atoms with Crippen molar-refractivity contribution in [3.05, 3.63) is 102 Å². The summed E-state index contributed by atoms with van der Waals surface area (Å²) < 4.78 is 87.1. The minimum atomic E-state index is -4.76. The van der Waals surface area contributed by atoms with Gasteiger partial charge in [0.2, 0.25) is 0 Å². The molecule has 0 saturated carbocycles. The van der Waals surface area contributed by atoms with Gasteiger partial charge in [0, 0.05) is 29.1 Å². The number of hydrogen-bond acceptors (Lipinski definition) is 7. The highest BCUT2D eigenvalue weighted by Gasteiger charge is 2.31. The molecule has 4 rings (SSSR count). The van der Waals surface area contributed by atoms with Crippen LogP contribution in [0.2, 0.25) is 0 Å². The number of sulfonamides is 1. The lowest BCUT2D eigenvalue weighted by molar-refractivity contribution is -0.274. The maximum Gasteiger partial charge on any atom is 0.573 e. The molecule has 0 saturated heterocycles. The first kappa shape index (κ1) is 32.4. The number of thioether (sulfide) groups is 1. The average Bonchev–Trinajstić information content (AvgIpc) is 2.96. The number of ether oxygens (including phenoxy) is 2. The second-order valence-electron chi connectivity index (χ2n) is 9.05. The molecule has 0 spiro atoms. The fourth-order valence-electron chi connectivity index (χ4n) is 3.80. The Balaban J connectivity index is 1.33. The molecule has 2 amide bonds. The van der Waals surface area contributed by atoms with Gasteiger partial charge < -0.3 is 25.2 Å². The molecular formula is C29H25F4N3O6S2. The summed E-state index contributed by atoms with van der Waals surface area (Å²) in [5.74, 6) is -0.857. The number of hydrogen-bond donors (Lipinski definition) is 4. The number of aromatic hydroxyl groups is 1. The zero-order valence-electron chi connectivity index (χ0n) is 22.8. The third-order valence-corrected chi connectivity index (χ3v) is 8.36. The van der Waals surface area contributed by atoms with Gasteiger partial charge in [0.25, 0.3) is 10.0 Å². The number of anilines is 3. The Kier molecular flexibility index (Phi) is 10.2. The van der Waals surface area contributed by atoms with Gasteiger partial charge in [-0.25, -0.2) is 17.6 Å². The molecule has 9 nitrogen and oxygen atoms in total. The van der Waals surface area contributed by atoms with Crippen molar-refractivity contribution in [3.63, 3.8) is 0 Å². The summed E-state index contributed by atoms with van der Waals surface area (Å²) in [6, 6.07) is 19.5. The first-order valence-electron chi connectivity index (χ1n) is 12.6. The summed E-state index contributed by atoms with van der Waals surface area (Å²) in [5, 5.41) is 15.3. The van der Waals surface area contributed by atoms with E-state index in [4.69, 9.17) is 4.74 Å². The summed E-state index contributed by atoms with van der Waals surface area (Å²) in [4.78, 5) is 13.1. The number of benzene rings is 4. The van der Waals surface area contributed by atoms with Gasteiger partial charge in [-0.15, -0.1) is 24.9 Å². The van der Waals surface area contributed by atoms with Crippen molar-refractivity contribution < 1.29 is 45.4 Å². The number of phenolic OH excluding ortho intramolecular Hbond substituents is 1. The van der Waals surface area contributed by atoms with E-state index in [1.54, 1.807) is 24.3 Å². The molecule has 0 bridgehead atoms. The van der Waals surface area contributed by atoms with E-state index in [0.717, 1.165) is 34.7 Å². The Hall–Kier alpha value is -4.47. The van der Waals surface area contributed by atoms with Crippen LogP contribution in [0.1, 0.15) is 11.7 Å². The van der Waals surface area contributed by atoms with Crippen LogP contribution < -0.4 is 20.1 Å². The van der Waals surface area contributed by atoms with E-state index >= 15 is 0 Å². The lowest BCUT2D eigenvalue weighted by Gasteiger charge is -2.16. The zero-order valence-corrected chi connectivity index (χ0v) is 24.4. The highest BCUT2D eigenvalue weighted by Crippen LogP contribution is 2.31. The van der Waals surface area contributed by atoms with Crippen LogP contribution in [0.15, 0.2) is 101 Å². The molecule has 0 radical (unpaired) electrons. The Labute approximate surface area is 254 Å². The minimum Gasteiger partial charge on any atom is -0.506 e. The smallest absolute Gasteiger partial charge is 0.506 e. The molecule has 0 fully saturated rings. The van der Waals surface area contributed by atoms with Gasteiger partial charge in [0.1, 0.15) is 17.3 Å². The van der Waals surface area contributed by atoms with Gasteiger partial charge in [-0.3, -0.25) is 4.72 Å². The Morgan fingerprint density at radius 3 is 2.14 bits per heavy atom. The molecule has 1 atom stereocenters. The predicted octanol–water partition coefficient (Wildman–Crippen LogP) is 7.35. The lowest BCUT2D eigenvalue weighted by Crippen LogP contribution is -2.19. The van der Waals surface area contributed by atoms with Crippen LogP contribution in [0.4, 0.5) is 39.4 Å². The number of nitrogens with one attached hydrogen (secondary N) is 3. The van der Waals surface area contributed by atoms with Crippen molar-refractivity contribution in [3.8, 4) is 11.5 Å². The Morgan fingerprint density at radius 2 is 1.52 bits per heavy atom. The van der Waals surface area contributed by atoms with Gasteiger partial charge in [-0.2, -0.15) is 0 Å². The summed E-state index contributed by atoms with van der Waals surface area (Å²) in [7, 11) is -2.62. The second-order valence-corrected chi connectivity index (χ2v) is 11.8. The van der Waals surface area contributed by atoms with E-state index in [0.29, 0.717) is 11.4 Å². The highest BCUT2D eigenvalue weighted by atomic mass is 32.2. The van der Waals surface area contributed by atoms with E-state index in [9.17, 15) is 35.9 Å². The third-order valence-electron chi connectivity index (χ3n) is 5.91. The van der Waals surface area contributed by atoms with Crippen molar-refractivity contribution in [2.24, 2.45) is 0 Å². The Bertz CT molecular complexity index is 1690. The van der Waals surface area contributed by atoms with Crippen LogP contribution in [0, 0.1) is 5.82 Å². The van der Waals surface area contributed by atoms with Gasteiger partial charge in [0.15, 0.2) is 0 Å². The summed E-state index contributed by atoms with van der Waals surface area (Å²) in [5.41, 5.74) is 1.19. The van der Waals surface area contributed by atoms with Gasteiger partial charge >= 0.3 is 12.4 Å². The Morgan fingerprint density at radius 1 is 0.909 bits per heavy atom. The van der Waals surface area contributed by atoms with E-state index in [1.807, 2.05) is 0 Å². The number of urea groups is 1. The first-order chi connectivity index (χ1) is 20.8. The predicted molar refractivity (Wildman–Crippen MR) is 158 cm³/mol. The SMILES string of the molecule is COC(CSc1ccc(OC(F)(F)F)cc1)c1ccc(NC(=O)Nc2ccc(O)c(NS(=O)(=O)c3ccc(F)cc3)c2)cc1. The molecule has 4 aromatic carbocycles. The number of methoxy groups -OCH3 is 1. The number of carbonyl (C=O) groups excluding carboxylic acids is 1. The highest BCUT2D eigenvalue weighted by molar-refractivity contribution is 7.99. The number of carbonyl (C=O) groups is 1. The molecule has 232 valence electrons. The van der Waals surface area contributed by atoms with Crippen LogP contribution in [0.5, 0.6) is 11.5 Å². The number of alkyl halides is 3. The molecule has 15 heteroatoms. The van der Waals surface area contributed by atoms with Crippen molar-refractivity contribution >= 4 is 44.9 Å². The normalized spacial score (nSPS) is 12.3. The number of phenols is 1. The molecule has 0 heterocycles.